The second kappa shape index (κ2) is 4.33. The third kappa shape index (κ3) is 2.04. The van der Waals surface area contributed by atoms with E-state index in [1.54, 1.807) is 11.8 Å². The van der Waals surface area contributed by atoms with Crippen LogP contribution < -0.4 is 0 Å². The predicted molar refractivity (Wildman–Crippen MR) is 54.3 cm³/mol. The third-order valence-corrected chi connectivity index (χ3v) is 2.62. The molecule has 0 bridgehead atoms. The van der Waals surface area contributed by atoms with Crippen LogP contribution in [0.3, 0.4) is 0 Å². The van der Waals surface area contributed by atoms with E-state index in [1.165, 1.54) is 7.11 Å². The van der Waals surface area contributed by atoms with Crippen molar-refractivity contribution in [2.45, 2.75) is 11.8 Å². The molecule has 0 fully saturated rings. The van der Waals surface area contributed by atoms with Crippen molar-refractivity contribution in [3.8, 4) is 0 Å². The molecule has 1 aromatic rings. The lowest BCUT2D eigenvalue weighted by Crippen LogP contribution is -2.05. The van der Waals surface area contributed by atoms with Gasteiger partial charge in [0.15, 0.2) is 0 Å². The summed E-state index contributed by atoms with van der Waals surface area (Å²) in [5.74, 6) is -0.262. The minimum Gasteiger partial charge on any atom is -0.465 e. The molecule has 0 aliphatic carbocycles. The molecular weight excluding hydrogens is 184 g/mol. The van der Waals surface area contributed by atoms with E-state index in [1.807, 2.05) is 31.4 Å². The topological polar surface area (TPSA) is 26.3 Å². The summed E-state index contributed by atoms with van der Waals surface area (Å²) in [5, 5.41) is 0. The van der Waals surface area contributed by atoms with Gasteiger partial charge in [-0.1, -0.05) is 12.1 Å². The van der Waals surface area contributed by atoms with Crippen molar-refractivity contribution in [2.75, 3.05) is 13.4 Å². The van der Waals surface area contributed by atoms with Crippen molar-refractivity contribution < 1.29 is 9.53 Å². The zero-order valence-corrected chi connectivity index (χ0v) is 8.77. The van der Waals surface area contributed by atoms with E-state index in [0.717, 1.165) is 10.5 Å². The summed E-state index contributed by atoms with van der Waals surface area (Å²) >= 11 is 1.55. The van der Waals surface area contributed by atoms with Crippen LogP contribution in [0.1, 0.15) is 15.9 Å². The van der Waals surface area contributed by atoms with Crippen molar-refractivity contribution in [2.24, 2.45) is 0 Å². The van der Waals surface area contributed by atoms with Crippen LogP contribution >= 0.6 is 11.8 Å². The summed E-state index contributed by atoms with van der Waals surface area (Å²) in [6.07, 6.45) is 1.95. The molecule has 0 N–H and O–H groups in total. The average Bonchev–Trinajstić information content (AvgIpc) is 2.16. The van der Waals surface area contributed by atoms with Crippen LogP contribution in [0.15, 0.2) is 23.1 Å². The van der Waals surface area contributed by atoms with Gasteiger partial charge in [0.25, 0.3) is 0 Å². The van der Waals surface area contributed by atoms with E-state index >= 15 is 0 Å². The van der Waals surface area contributed by atoms with Crippen molar-refractivity contribution >= 4 is 17.7 Å². The number of thioether (sulfide) groups is 1. The maximum Gasteiger partial charge on any atom is 0.339 e. The number of benzene rings is 1. The largest absolute Gasteiger partial charge is 0.465 e. The first-order valence-corrected chi connectivity index (χ1v) is 5.15. The summed E-state index contributed by atoms with van der Waals surface area (Å²) in [6.45, 7) is 1.91. The van der Waals surface area contributed by atoms with Crippen LogP contribution in [-0.4, -0.2) is 19.3 Å². The summed E-state index contributed by atoms with van der Waals surface area (Å²) in [6, 6.07) is 5.77. The quantitative estimate of drug-likeness (QED) is 0.537. The van der Waals surface area contributed by atoms with Gasteiger partial charge in [-0.3, -0.25) is 0 Å². The van der Waals surface area contributed by atoms with Gasteiger partial charge in [0, 0.05) is 4.90 Å². The van der Waals surface area contributed by atoms with Gasteiger partial charge in [-0.05, 0) is 24.8 Å². The summed E-state index contributed by atoms with van der Waals surface area (Å²) in [7, 11) is 1.40. The molecule has 2 nitrogen and oxygen atoms in total. The standard InChI is InChI=1S/C10H12O2S/c1-7-5-4-6-8(13-3)9(7)10(11)12-2/h4-6H,1-3H3. The molecule has 0 saturated carbocycles. The lowest BCUT2D eigenvalue weighted by atomic mass is 10.1. The van der Waals surface area contributed by atoms with Gasteiger partial charge in [-0.2, -0.15) is 0 Å². The Morgan fingerprint density at radius 1 is 1.46 bits per heavy atom. The number of carbonyl (C=O) groups excluding carboxylic acids is 1. The van der Waals surface area contributed by atoms with Gasteiger partial charge in [0.1, 0.15) is 0 Å². The molecule has 0 saturated heterocycles. The van der Waals surface area contributed by atoms with E-state index in [9.17, 15) is 4.79 Å². The number of ether oxygens (including phenoxy) is 1. The highest BCUT2D eigenvalue weighted by Crippen LogP contribution is 2.23. The van der Waals surface area contributed by atoms with Crippen LogP contribution in [0.25, 0.3) is 0 Å². The molecule has 0 unspecified atom stereocenters. The molecule has 13 heavy (non-hydrogen) atoms. The zero-order chi connectivity index (χ0) is 9.84. The minimum absolute atomic E-state index is 0.262. The van der Waals surface area contributed by atoms with Crippen LogP contribution in [0.4, 0.5) is 0 Å². The number of methoxy groups -OCH3 is 1. The Morgan fingerprint density at radius 2 is 2.15 bits per heavy atom. The van der Waals surface area contributed by atoms with Crippen molar-refractivity contribution in [1.29, 1.82) is 0 Å². The molecule has 1 aromatic carbocycles. The monoisotopic (exact) mass is 196 g/mol. The normalized spacial score (nSPS) is 9.77. The Hall–Kier alpha value is -0.960. The Kier molecular flexibility index (Phi) is 3.37. The lowest BCUT2D eigenvalue weighted by molar-refractivity contribution is 0.0596. The summed E-state index contributed by atoms with van der Waals surface area (Å²) in [4.78, 5) is 12.3. The first kappa shape index (κ1) is 10.1. The zero-order valence-electron chi connectivity index (χ0n) is 7.96. The number of esters is 1. The third-order valence-electron chi connectivity index (χ3n) is 1.84. The SMILES string of the molecule is COC(=O)c1c(C)cccc1SC. The first-order valence-electron chi connectivity index (χ1n) is 3.92. The maximum absolute atomic E-state index is 11.4. The Bertz CT molecular complexity index is 321. The lowest BCUT2D eigenvalue weighted by Gasteiger charge is -2.07. The number of hydrogen-bond acceptors (Lipinski definition) is 3. The highest BCUT2D eigenvalue weighted by atomic mass is 32.2. The Morgan fingerprint density at radius 3 is 2.69 bits per heavy atom. The van der Waals surface area contributed by atoms with Crippen molar-refractivity contribution in [3.63, 3.8) is 0 Å². The summed E-state index contributed by atoms with van der Waals surface area (Å²) < 4.78 is 4.71. The smallest absolute Gasteiger partial charge is 0.339 e. The van der Waals surface area contributed by atoms with E-state index < -0.39 is 0 Å². The fourth-order valence-electron chi connectivity index (χ4n) is 1.17. The summed E-state index contributed by atoms with van der Waals surface area (Å²) in [5.41, 5.74) is 1.64. The minimum atomic E-state index is -0.262. The molecule has 0 amide bonds. The van der Waals surface area contributed by atoms with E-state index in [-0.39, 0.29) is 5.97 Å². The second-order valence-corrected chi connectivity index (χ2v) is 3.49. The molecule has 0 radical (unpaired) electrons. The van der Waals surface area contributed by atoms with Crippen molar-refractivity contribution in [1.82, 2.24) is 0 Å². The molecule has 70 valence electrons. The second-order valence-electron chi connectivity index (χ2n) is 2.64. The van der Waals surface area contributed by atoms with E-state index in [4.69, 9.17) is 4.74 Å². The van der Waals surface area contributed by atoms with Gasteiger partial charge in [-0.15, -0.1) is 11.8 Å². The van der Waals surface area contributed by atoms with E-state index in [0.29, 0.717) is 5.56 Å². The fourth-order valence-corrected chi connectivity index (χ4v) is 1.84. The average molecular weight is 196 g/mol. The number of carbonyl (C=O) groups is 1. The van der Waals surface area contributed by atoms with E-state index in [2.05, 4.69) is 0 Å². The molecule has 0 aromatic heterocycles. The Labute approximate surface area is 82.3 Å². The van der Waals surface area contributed by atoms with Crippen molar-refractivity contribution in [3.05, 3.63) is 29.3 Å². The first-order chi connectivity index (χ1) is 6.20. The molecule has 1 rings (SSSR count). The number of aryl methyl sites for hydroxylation is 1. The molecule has 0 spiro atoms. The van der Waals surface area contributed by atoms with Crippen LogP contribution in [0.5, 0.6) is 0 Å². The number of rotatable bonds is 2. The van der Waals surface area contributed by atoms with Gasteiger partial charge >= 0.3 is 5.97 Å². The fraction of sp³-hybridized carbons (Fsp3) is 0.300. The molecule has 0 heterocycles. The Balaban J connectivity index is 3.22. The van der Waals surface area contributed by atoms with Crippen LogP contribution in [-0.2, 0) is 4.74 Å². The number of hydrogen-bond donors (Lipinski definition) is 0. The molecular formula is C10H12O2S. The van der Waals surface area contributed by atoms with Crippen LogP contribution in [0, 0.1) is 6.92 Å². The molecule has 0 aliphatic rings. The highest BCUT2D eigenvalue weighted by Gasteiger charge is 2.13. The van der Waals surface area contributed by atoms with Gasteiger partial charge in [0.05, 0.1) is 12.7 Å². The molecule has 0 aliphatic heterocycles. The van der Waals surface area contributed by atoms with Gasteiger partial charge in [-0.25, -0.2) is 4.79 Å². The molecule has 0 atom stereocenters. The van der Waals surface area contributed by atoms with Gasteiger partial charge in [0.2, 0.25) is 0 Å². The van der Waals surface area contributed by atoms with Gasteiger partial charge < -0.3 is 4.74 Å². The maximum atomic E-state index is 11.4. The molecule has 3 heteroatoms. The van der Waals surface area contributed by atoms with Crippen LogP contribution in [0.2, 0.25) is 0 Å². The predicted octanol–water partition coefficient (Wildman–Crippen LogP) is 2.50. The highest BCUT2D eigenvalue weighted by molar-refractivity contribution is 7.98.